The summed E-state index contributed by atoms with van der Waals surface area (Å²) in [6.45, 7) is 4.15. The quantitative estimate of drug-likeness (QED) is 0.840. The number of nitrogens with zero attached hydrogens (tertiary/aromatic N) is 1. The number of carbonyl (C=O) groups is 2. The molecule has 2 aliphatic carbocycles. The van der Waals surface area contributed by atoms with Gasteiger partial charge in [0.2, 0.25) is 5.91 Å². The lowest BCUT2D eigenvalue weighted by Gasteiger charge is -2.31. The van der Waals surface area contributed by atoms with E-state index in [-0.39, 0.29) is 23.4 Å². The fourth-order valence-corrected chi connectivity index (χ4v) is 4.35. The second kappa shape index (κ2) is 5.18. The minimum absolute atomic E-state index is 0.0362. The van der Waals surface area contributed by atoms with E-state index in [1.165, 1.54) is 37.0 Å². The topological polar surface area (TPSA) is 69.6 Å². The highest BCUT2D eigenvalue weighted by atomic mass is 16.4. The first-order valence-electron chi connectivity index (χ1n) is 8.24. The van der Waals surface area contributed by atoms with E-state index in [1.807, 2.05) is 0 Å². The molecule has 0 spiro atoms. The summed E-state index contributed by atoms with van der Waals surface area (Å²) in [7, 11) is 0. The predicted molar refractivity (Wildman–Crippen MR) is 79.0 cm³/mol. The summed E-state index contributed by atoms with van der Waals surface area (Å²) in [6, 6.07) is -0.286. The van der Waals surface area contributed by atoms with E-state index in [2.05, 4.69) is 19.2 Å². The Balaban J connectivity index is 1.61. The molecule has 5 nitrogen and oxygen atoms in total. The summed E-state index contributed by atoms with van der Waals surface area (Å²) >= 11 is 0. The van der Waals surface area contributed by atoms with Crippen molar-refractivity contribution in [3.8, 4) is 0 Å². The second-order valence-corrected chi connectivity index (χ2v) is 7.48. The van der Waals surface area contributed by atoms with Gasteiger partial charge in [0.25, 0.3) is 0 Å². The van der Waals surface area contributed by atoms with Crippen LogP contribution in [-0.2, 0) is 4.79 Å². The van der Waals surface area contributed by atoms with Crippen molar-refractivity contribution in [2.24, 2.45) is 11.3 Å². The molecule has 0 radical (unpaired) electrons. The summed E-state index contributed by atoms with van der Waals surface area (Å²) in [4.78, 5) is 25.3. The van der Waals surface area contributed by atoms with Gasteiger partial charge in [0.1, 0.15) is 6.04 Å². The Labute approximate surface area is 126 Å². The van der Waals surface area contributed by atoms with Gasteiger partial charge in [-0.1, -0.05) is 26.2 Å². The molecule has 2 saturated carbocycles. The summed E-state index contributed by atoms with van der Waals surface area (Å²) < 4.78 is 0. The van der Waals surface area contributed by atoms with E-state index in [1.54, 1.807) is 0 Å². The Hall–Kier alpha value is -1.26. The number of fused-ring (bicyclic) bond motifs is 1. The number of piperidine rings is 1. The first-order chi connectivity index (χ1) is 9.92. The molecule has 21 heavy (non-hydrogen) atoms. The average Bonchev–Trinajstić information content (AvgIpc) is 3.00. The minimum atomic E-state index is -0.952. The van der Waals surface area contributed by atoms with Crippen molar-refractivity contribution in [2.45, 2.75) is 76.9 Å². The molecule has 4 atom stereocenters. The van der Waals surface area contributed by atoms with E-state index in [9.17, 15) is 14.7 Å². The summed E-state index contributed by atoms with van der Waals surface area (Å²) in [5.41, 5.74) is 0.0362. The van der Waals surface area contributed by atoms with Crippen molar-refractivity contribution < 1.29 is 14.7 Å². The number of hydrogen-bond donors (Lipinski definition) is 2. The van der Waals surface area contributed by atoms with Crippen molar-refractivity contribution in [2.75, 3.05) is 0 Å². The maximum atomic E-state index is 12.5. The van der Waals surface area contributed by atoms with Crippen molar-refractivity contribution in [3.63, 3.8) is 0 Å². The third-order valence-electron chi connectivity index (χ3n) is 5.89. The number of likely N-dealkylation sites (tertiary alicyclic amines) is 1. The Morgan fingerprint density at radius 3 is 2.52 bits per heavy atom. The Morgan fingerprint density at radius 1 is 1.24 bits per heavy atom. The SMILES string of the molecule is CC(NC(=O)[C@@H]1C[C@@]2(C)C[C@H]2N1C(=O)O)C1CCCCC1. The van der Waals surface area contributed by atoms with Crippen LogP contribution >= 0.6 is 0 Å². The van der Waals surface area contributed by atoms with E-state index in [0.29, 0.717) is 12.3 Å². The maximum Gasteiger partial charge on any atom is 0.408 e. The van der Waals surface area contributed by atoms with E-state index in [4.69, 9.17) is 0 Å². The van der Waals surface area contributed by atoms with Gasteiger partial charge in [-0.2, -0.15) is 0 Å². The van der Waals surface area contributed by atoms with Crippen molar-refractivity contribution in [3.05, 3.63) is 0 Å². The standard InChI is InChI=1S/C16H26N2O3/c1-10(11-6-4-3-5-7-11)17-14(19)12-8-16(2)9-13(16)18(12)15(20)21/h10-13H,3-9H2,1-2H3,(H,17,19)(H,20,21)/t10?,12-,13+,16-/m0/s1. The van der Waals surface area contributed by atoms with Crippen LogP contribution < -0.4 is 5.32 Å². The average molecular weight is 294 g/mol. The van der Waals surface area contributed by atoms with Crippen molar-refractivity contribution in [1.82, 2.24) is 10.2 Å². The minimum Gasteiger partial charge on any atom is -0.465 e. The molecular weight excluding hydrogens is 268 g/mol. The Bertz CT molecular complexity index is 447. The fraction of sp³-hybridized carbons (Fsp3) is 0.875. The molecule has 3 aliphatic rings. The summed E-state index contributed by atoms with van der Waals surface area (Å²) in [5.74, 6) is 0.455. The molecule has 1 unspecified atom stereocenters. The van der Waals surface area contributed by atoms with Gasteiger partial charge in [-0.25, -0.2) is 4.79 Å². The lowest BCUT2D eigenvalue weighted by molar-refractivity contribution is -0.126. The van der Waals surface area contributed by atoms with Gasteiger partial charge in [0, 0.05) is 12.1 Å². The third-order valence-corrected chi connectivity index (χ3v) is 5.89. The first-order valence-corrected chi connectivity index (χ1v) is 8.24. The molecule has 2 N–H and O–H groups in total. The molecule has 118 valence electrons. The van der Waals surface area contributed by atoms with Gasteiger partial charge < -0.3 is 10.4 Å². The van der Waals surface area contributed by atoms with Crippen LogP contribution in [0.4, 0.5) is 4.79 Å². The molecule has 1 saturated heterocycles. The lowest BCUT2D eigenvalue weighted by Crippen LogP contribution is -2.51. The molecule has 1 aliphatic heterocycles. The highest BCUT2D eigenvalue weighted by molar-refractivity contribution is 5.87. The largest absolute Gasteiger partial charge is 0.465 e. The third kappa shape index (κ3) is 2.62. The smallest absolute Gasteiger partial charge is 0.408 e. The molecule has 3 fully saturated rings. The van der Waals surface area contributed by atoms with Gasteiger partial charge in [0.15, 0.2) is 0 Å². The van der Waals surface area contributed by atoms with Crippen molar-refractivity contribution >= 4 is 12.0 Å². The molecule has 5 heteroatoms. The number of nitrogens with one attached hydrogen (secondary N) is 1. The molecule has 3 rings (SSSR count). The number of amides is 2. The number of carboxylic acid groups (broad SMARTS) is 1. The highest BCUT2D eigenvalue weighted by Gasteiger charge is 2.64. The van der Waals surface area contributed by atoms with E-state index >= 15 is 0 Å². The van der Waals surface area contributed by atoms with E-state index < -0.39 is 12.1 Å². The van der Waals surface area contributed by atoms with Crippen LogP contribution in [0, 0.1) is 11.3 Å². The highest BCUT2D eigenvalue weighted by Crippen LogP contribution is 2.59. The van der Waals surface area contributed by atoms with E-state index in [0.717, 1.165) is 6.42 Å². The van der Waals surface area contributed by atoms with Gasteiger partial charge in [-0.15, -0.1) is 0 Å². The Morgan fingerprint density at radius 2 is 1.90 bits per heavy atom. The lowest BCUT2D eigenvalue weighted by atomic mass is 9.84. The monoisotopic (exact) mass is 294 g/mol. The van der Waals surface area contributed by atoms with Crippen LogP contribution in [0.25, 0.3) is 0 Å². The fourth-order valence-electron chi connectivity index (χ4n) is 4.35. The zero-order valence-corrected chi connectivity index (χ0v) is 13.0. The second-order valence-electron chi connectivity index (χ2n) is 7.48. The van der Waals surface area contributed by atoms with Crippen LogP contribution in [0.5, 0.6) is 0 Å². The van der Waals surface area contributed by atoms with Crippen LogP contribution in [0.2, 0.25) is 0 Å². The number of hydrogen-bond acceptors (Lipinski definition) is 2. The predicted octanol–water partition coefficient (Wildman–Crippen LogP) is 2.60. The first kappa shape index (κ1) is 14.7. The molecule has 2 amide bonds. The van der Waals surface area contributed by atoms with Crippen LogP contribution in [-0.4, -0.2) is 40.1 Å². The van der Waals surface area contributed by atoms with Gasteiger partial charge in [-0.3, -0.25) is 9.69 Å². The molecular formula is C16H26N2O3. The molecule has 0 aromatic carbocycles. The van der Waals surface area contributed by atoms with Gasteiger partial charge in [-0.05, 0) is 43.9 Å². The molecule has 1 heterocycles. The summed E-state index contributed by atoms with van der Waals surface area (Å²) in [5, 5.41) is 12.5. The van der Waals surface area contributed by atoms with Gasteiger partial charge >= 0.3 is 6.09 Å². The molecule has 0 aromatic heterocycles. The molecule has 0 bridgehead atoms. The number of rotatable bonds is 3. The van der Waals surface area contributed by atoms with Crippen molar-refractivity contribution in [1.29, 1.82) is 0 Å². The molecule has 0 aromatic rings. The normalized spacial score (nSPS) is 37.0. The van der Waals surface area contributed by atoms with Gasteiger partial charge in [0.05, 0.1) is 0 Å². The zero-order chi connectivity index (χ0) is 15.2. The van der Waals surface area contributed by atoms with Crippen LogP contribution in [0.1, 0.15) is 58.8 Å². The Kier molecular flexibility index (Phi) is 3.62. The number of carbonyl (C=O) groups excluding carboxylic acids is 1. The van der Waals surface area contributed by atoms with Crippen LogP contribution in [0.15, 0.2) is 0 Å². The maximum absolute atomic E-state index is 12.5. The zero-order valence-electron chi connectivity index (χ0n) is 13.0. The summed E-state index contributed by atoms with van der Waals surface area (Å²) in [6.07, 6.45) is 6.77. The van der Waals surface area contributed by atoms with Crippen LogP contribution in [0.3, 0.4) is 0 Å².